The lowest BCUT2D eigenvalue weighted by atomic mass is 9.99. The maximum absolute atomic E-state index is 13.5. The van der Waals surface area contributed by atoms with Crippen molar-refractivity contribution in [1.82, 2.24) is 39.8 Å². The van der Waals surface area contributed by atoms with Crippen LogP contribution in [0, 0.1) is 13.8 Å². The summed E-state index contributed by atoms with van der Waals surface area (Å²) in [6.07, 6.45) is 5.64. The molecule has 4 aliphatic heterocycles. The van der Waals surface area contributed by atoms with Gasteiger partial charge in [0.05, 0.1) is 11.9 Å². The number of ether oxygens (including phenoxy) is 1. The van der Waals surface area contributed by atoms with Crippen molar-refractivity contribution < 1.29 is 19.1 Å². The van der Waals surface area contributed by atoms with Gasteiger partial charge in [-0.1, -0.05) is 30.3 Å². The predicted octanol–water partition coefficient (Wildman–Crippen LogP) is 5.13. The second kappa shape index (κ2) is 15.1. The maximum Gasteiger partial charge on any atom is 0.255 e. The summed E-state index contributed by atoms with van der Waals surface area (Å²) in [5, 5.41) is 15.3. The number of nitrogens with one attached hydrogen (secondary N) is 3. The molecular formula is C43H48N10O4. The van der Waals surface area contributed by atoms with Gasteiger partial charge in [-0.25, -0.2) is 9.67 Å². The summed E-state index contributed by atoms with van der Waals surface area (Å²) in [4.78, 5) is 54.5. The number of piperidine rings is 2. The fourth-order valence-corrected chi connectivity index (χ4v) is 8.67. The van der Waals surface area contributed by atoms with E-state index in [1.807, 2.05) is 36.2 Å². The van der Waals surface area contributed by atoms with Crippen LogP contribution in [0.2, 0.25) is 0 Å². The molecule has 57 heavy (non-hydrogen) atoms. The SMILES string of the molecule is Cc1cccc(C)c1Nc1nn(C)c2nc(Nc3ccc4c(c3)CN(CC(=O)N3CCC(Oc5ccc6c(c5)C(=O)N(C5CCCNC5=O)C6)CC3)CC4)ncc12. The topological polar surface area (TPSA) is 150 Å². The molecule has 3 aromatic carbocycles. The highest BCUT2D eigenvalue weighted by Crippen LogP contribution is 2.32. The molecule has 4 aliphatic rings. The minimum absolute atomic E-state index is 0.0410. The average Bonchev–Trinajstić information content (AvgIpc) is 3.70. The van der Waals surface area contributed by atoms with Crippen LogP contribution in [-0.2, 0) is 36.1 Å². The number of fused-ring (bicyclic) bond motifs is 3. The molecule has 1 unspecified atom stereocenters. The van der Waals surface area contributed by atoms with Gasteiger partial charge >= 0.3 is 0 Å². The number of hydrogen-bond donors (Lipinski definition) is 3. The van der Waals surface area contributed by atoms with Gasteiger partial charge in [0.15, 0.2) is 11.5 Å². The Hall–Kier alpha value is -6.02. The van der Waals surface area contributed by atoms with Crippen molar-refractivity contribution in [2.24, 2.45) is 7.05 Å². The zero-order chi connectivity index (χ0) is 39.2. The number of aryl methyl sites for hydroxylation is 3. The third-order valence-corrected chi connectivity index (χ3v) is 11.9. The molecule has 2 fully saturated rings. The molecule has 14 nitrogen and oxygen atoms in total. The van der Waals surface area contributed by atoms with Gasteiger partial charge in [0.25, 0.3) is 5.91 Å². The van der Waals surface area contributed by atoms with Gasteiger partial charge in [0.2, 0.25) is 17.8 Å². The summed E-state index contributed by atoms with van der Waals surface area (Å²) < 4.78 is 8.10. The Balaban J connectivity index is 0.777. The Morgan fingerprint density at radius 3 is 2.54 bits per heavy atom. The molecule has 5 aromatic rings. The number of benzene rings is 3. The number of nitrogens with zero attached hydrogens (tertiary/aromatic N) is 7. The minimum atomic E-state index is -0.416. The van der Waals surface area contributed by atoms with Crippen molar-refractivity contribution in [2.75, 3.05) is 43.4 Å². The van der Waals surface area contributed by atoms with E-state index < -0.39 is 6.04 Å². The Bertz CT molecular complexity index is 2370. The van der Waals surface area contributed by atoms with Gasteiger partial charge in [-0.2, -0.15) is 10.1 Å². The third-order valence-electron chi connectivity index (χ3n) is 11.9. The van der Waals surface area contributed by atoms with E-state index in [4.69, 9.17) is 14.8 Å². The van der Waals surface area contributed by atoms with Crippen LogP contribution in [0.4, 0.5) is 23.1 Å². The van der Waals surface area contributed by atoms with Gasteiger partial charge in [0, 0.05) is 82.3 Å². The van der Waals surface area contributed by atoms with Crippen molar-refractivity contribution in [1.29, 1.82) is 0 Å². The number of carbonyl (C=O) groups excluding carboxylic acids is 3. The van der Waals surface area contributed by atoms with Gasteiger partial charge in [0.1, 0.15) is 17.9 Å². The van der Waals surface area contributed by atoms with Crippen molar-refractivity contribution in [3.05, 3.63) is 94.2 Å². The Morgan fingerprint density at radius 2 is 1.74 bits per heavy atom. The number of carbonyl (C=O) groups is 3. The number of amides is 3. The summed E-state index contributed by atoms with van der Waals surface area (Å²) in [6, 6.07) is 17.8. The van der Waals surface area contributed by atoms with Crippen LogP contribution in [-0.4, -0.2) is 97.0 Å². The molecule has 294 valence electrons. The molecule has 2 aromatic heterocycles. The first-order chi connectivity index (χ1) is 27.7. The molecular weight excluding hydrogens is 721 g/mol. The fraction of sp³-hybridized carbons (Fsp3) is 0.395. The van der Waals surface area contributed by atoms with Crippen LogP contribution < -0.4 is 20.7 Å². The molecule has 9 rings (SSSR count). The van der Waals surface area contributed by atoms with E-state index in [-0.39, 0.29) is 23.8 Å². The summed E-state index contributed by atoms with van der Waals surface area (Å²) in [7, 11) is 1.88. The molecule has 6 heterocycles. The largest absolute Gasteiger partial charge is 0.490 e. The van der Waals surface area contributed by atoms with Crippen LogP contribution in [0.5, 0.6) is 5.75 Å². The van der Waals surface area contributed by atoms with Gasteiger partial charge < -0.3 is 30.5 Å². The van der Waals surface area contributed by atoms with E-state index in [0.29, 0.717) is 68.8 Å². The van der Waals surface area contributed by atoms with Crippen molar-refractivity contribution in [2.45, 2.75) is 71.2 Å². The number of likely N-dealkylation sites (tertiary alicyclic amines) is 1. The van der Waals surface area contributed by atoms with Crippen LogP contribution in [0.3, 0.4) is 0 Å². The van der Waals surface area contributed by atoms with E-state index in [0.717, 1.165) is 71.3 Å². The van der Waals surface area contributed by atoms with E-state index in [1.165, 1.54) is 11.1 Å². The quantitative estimate of drug-likeness (QED) is 0.184. The molecule has 14 heteroatoms. The highest BCUT2D eigenvalue weighted by atomic mass is 16.5. The highest BCUT2D eigenvalue weighted by Gasteiger charge is 2.38. The Labute approximate surface area is 331 Å². The lowest BCUT2D eigenvalue weighted by Gasteiger charge is -2.35. The maximum atomic E-state index is 13.5. The van der Waals surface area contributed by atoms with Crippen LogP contribution in [0.15, 0.2) is 60.8 Å². The molecule has 0 bridgehead atoms. The molecule has 0 spiro atoms. The number of hydrogen-bond acceptors (Lipinski definition) is 10. The third kappa shape index (κ3) is 7.37. The van der Waals surface area contributed by atoms with Crippen molar-refractivity contribution in [3.8, 4) is 5.75 Å². The standard InChI is InChI=1S/C43H48N10O4/c1-26-6-4-7-27(2)38(26)47-39-35-22-45-43(48-40(35)50(3)49-39)46-31-11-9-28-13-17-51(23-30(28)20-31)25-37(54)52-18-14-32(15-19-52)57-33-12-10-29-24-53(42(56)34(29)21-33)36-8-5-16-44-41(36)55/h4,6-7,9-12,20-22,32,36H,5,8,13-19,23-25H2,1-3H3,(H,44,55)(H,47,49)(H,45,46,48). The average molecular weight is 769 g/mol. The lowest BCUT2D eigenvalue weighted by Crippen LogP contribution is -2.50. The zero-order valence-corrected chi connectivity index (χ0v) is 32.7. The molecule has 3 N–H and O–H groups in total. The molecule has 1 atom stereocenters. The second-order valence-corrected chi connectivity index (χ2v) is 15.8. The first kappa shape index (κ1) is 36.6. The van der Waals surface area contributed by atoms with E-state index in [1.54, 1.807) is 15.8 Å². The number of rotatable bonds is 9. The lowest BCUT2D eigenvalue weighted by molar-refractivity contribution is -0.134. The first-order valence-electron chi connectivity index (χ1n) is 20.0. The monoisotopic (exact) mass is 768 g/mol. The molecule has 0 radical (unpaired) electrons. The normalized spacial score (nSPS) is 18.7. The van der Waals surface area contributed by atoms with Crippen molar-refractivity contribution >= 4 is 51.9 Å². The number of anilines is 4. The highest BCUT2D eigenvalue weighted by molar-refractivity contribution is 6.01. The molecule has 2 saturated heterocycles. The molecule has 0 aliphatic carbocycles. The van der Waals surface area contributed by atoms with Gasteiger partial charge in [-0.15, -0.1) is 0 Å². The summed E-state index contributed by atoms with van der Waals surface area (Å²) in [5.74, 6) is 1.80. The minimum Gasteiger partial charge on any atom is -0.490 e. The van der Waals surface area contributed by atoms with Crippen LogP contribution >= 0.6 is 0 Å². The zero-order valence-electron chi connectivity index (χ0n) is 32.7. The van der Waals surface area contributed by atoms with E-state index >= 15 is 0 Å². The van der Waals surface area contributed by atoms with Gasteiger partial charge in [-0.3, -0.25) is 19.3 Å². The smallest absolute Gasteiger partial charge is 0.255 e. The molecule has 3 amide bonds. The molecule has 0 saturated carbocycles. The second-order valence-electron chi connectivity index (χ2n) is 15.8. The van der Waals surface area contributed by atoms with Crippen LogP contribution in [0.25, 0.3) is 11.0 Å². The Morgan fingerprint density at radius 1 is 0.930 bits per heavy atom. The summed E-state index contributed by atoms with van der Waals surface area (Å²) in [6.45, 7) is 8.39. The predicted molar refractivity (Wildman–Crippen MR) is 217 cm³/mol. The first-order valence-corrected chi connectivity index (χ1v) is 20.0. The summed E-state index contributed by atoms with van der Waals surface area (Å²) >= 11 is 0. The van der Waals surface area contributed by atoms with Crippen LogP contribution in [0.1, 0.15) is 63.9 Å². The summed E-state index contributed by atoms with van der Waals surface area (Å²) in [5.41, 5.74) is 8.93. The number of para-hydroxylation sites is 1. The fourth-order valence-electron chi connectivity index (χ4n) is 8.67. The Kier molecular flexibility index (Phi) is 9.73. The van der Waals surface area contributed by atoms with Crippen molar-refractivity contribution in [3.63, 3.8) is 0 Å². The number of aromatic nitrogens is 4. The van der Waals surface area contributed by atoms with E-state index in [2.05, 4.69) is 70.0 Å². The van der Waals surface area contributed by atoms with E-state index in [9.17, 15) is 14.4 Å². The van der Waals surface area contributed by atoms with Gasteiger partial charge in [-0.05, 0) is 85.2 Å².